The van der Waals surface area contributed by atoms with Crippen molar-refractivity contribution in [2.45, 2.75) is 38.1 Å². The van der Waals surface area contributed by atoms with Crippen LogP contribution in [0.5, 0.6) is 0 Å². The lowest BCUT2D eigenvalue weighted by atomic mass is 9.95. The molecule has 0 unspecified atom stereocenters. The summed E-state index contributed by atoms with van der Waals surface area (Å²) in [6, 6.07) is 19.5. The molecule has 4 nitrogen and oxygen atoms in total. The average Bonchev–Trinajstić information content (AvgIpc) is 2.73. The molecule has 0 aromatic heterocycles. The molecule has 0 bridgehead atoms. The number of nitrogens with zero attached hydrogens (tertiary/aromatic N) is 3. The number of fused-ring (bicyclic) bond motifs is 2. The fraction of sp³-hybridized carbons (Fsp3) is 0.304. The van der Waals surface area contributed by atoms with E-state index in [-0.39, 0.29) is 0 Å². The van der Waals surface area contributed by atoms with Gasteiger partial charge in [0.05, 0.1) is 6.21 Å². The number of guanidine groups is 1. The van der Waals surface area contributed by atoms with Gasteiger partial charge in [-0.05, 0) is 40.5 Å². The molecule has 0 spiro atoms. The van der Waals surface area contributed by atoms with Crippen molar-refractivity contribution in [3.63, 3.8) is 0 Å². The van der Waals surface area contributed by atoms with E-state index in [9.17, 15) is 0 Å². The number of nitrogens with two attached hydrogens (primary N) is 1. The molecule has 1 aliphatic carbocycles. The van der Waals surface area contributed by atoms with E-state index in [2.05, 4.69) is 69.7 Å². The van der Waals surface area contributed by atoms with Crippen LogP contribution in [-0.2, 0) is 0 Å². The zero-order valence-electron chi connectivity index (χ0n) is 15.8. The minimum absolute atomic E-state index is 0.482. The quantitative estimate of drug-likeness (QED) is 0.313. The lowest BCUT2D eigenvalue weighted by Crippen LogP contribution is -2.42. The second-order valence-corrected chi connectivity index (χ2v) is 7.34. The van der Waals surface area contributed by atoms with Crippen LogP contribution in [0, 0.1) is 0 Å². The topological polar surface area (TPSA) is 54.0 Å². The lowest BCUT2D eigenvalue weighted by Gasteiger charge is -2.31. The van der Waals surface area contributed by atoms with Crippen molar-refractivity contribution < 1.29 is 0 Å². The van der Waals surface area contributed by atoms with Crippen molar-refractivity contribution in [3.05, 3.63) is 60.2 Å². The maximum absolute atomic E-state index is 6.20. The molecule has 0 aliphatic heterocycles. The van der Waals surface area contributed by atoms with Gasteiger partial charge in [-0.15, -0.1) is 5.10 Å². The third-order valence-corrected chi connectivity index (χ3v) is 5.64. The highest BCUT2D eigenvalue weighted by Gasteiger charge is 2.19. The molecule has 1 aliphatic rings. The Balaban J connectivity index is 1.67. The van der Waals surface area contributed by atoms with Gasteiger partial charge in [-0.1, -0.05) is 67.8 Å². The highest BCUT2D eigenvalue weighted by atomic mass is 15.3. The summed E-state index contributed by atoms with van der Waals surface area (Å²) in [5.41, 5.74) is 7.28. The summed E-state index contributed by atoms with van der Waals surface area (Å²) in [5, 5.41) is 13.4. The Morgan fingerprint density at radius 2 is 1.56 bits per heavy atom. The van der Waals surface area contributed by atoms with E-state index in [1.807, 2.05) is 13.3 Å². The Kier molecular flexibility index (Phi) is 5.05. The maximum atomic E-state index is 6.20. The Hall–Kier alpha value is -2.88. The van der Waals surface area contributed by atoms with Crippen molar-refractivity contribution in [1.29, 1.82) is 0 Å². The zero-order valence-corrected chi connectivity index (χ0v) is 15.8. The fourth-order valence-electron chi connectivity index (χ4n) is 4.06. The van der Waals surface area contributed by atoms with E-state index in [0.717, 1.165) is 5.56 Å². The van der Waals surface area contributed by atoms with Gasteiger partial charge in [0.25, 0.3) is 0 Å². The van der Waals surface area contributed by atoms with Gasteiger partial charge in [-0.3, -0.25) is 0 Å². The van der Waals surface area contributed by atoms with E-state index >= 15 is 0 Å². The van der Waals surface area contributed by atoms with Crippen LogP contribution >= 0.6 is 0 Å². The molecule has 4 heteroatoms. The van der Waals surface area contributed by atoms with Gasteiger partial charge < -0.3 is 10.6 Å². The second kappa shape index (κ2) is 7.78. The van der Waals surface area contributed by atoms with Crippen LogP contribution in [0.15, 0.2) is 64.8 Å². The third-order valence-electron chi connectivity index (χ3n) is 5.64. The molecule has 1 fully saturated rings. The highest BCUT2D eigenvalue weighted by molar-refractivity contribution is 6.13. The summed E-state index contributed by atoms with van der Waals surface area (Å²) in [6.07, 6.45) is 8.08. The van der Waals surface area contributed by atoms with Crippen molar-refractivity contribution in [2.24, 2.45) is 15.9 Å². The van der Waals surface area contributed by atoms with Crippen LogP contribution < -0.4 is 5.73 Å². The molecule has 3 aromatic rings. The fourth-order valence-corrected chi connectivity index (χ4v) is 4.06. The molecule has 0 atom stereocenters. The Morgan fingerprint density at radius 3 is 2.19 bits per heavy atom. The van der Waals surface area contributed by atoms with Crippen LogP contribution in [0.2, 0.25) is 0 Å². The molecule has 138 valence electrons. The Bertz CT molecular complexity index is 946. The summed E-state index contributed by atoms with van der Waals surface area (Å²) in [6.45, 7) is 0. The lowest BCUT2D eigenvalue weighted by molar-refractivity contribution is 0.276. The van der Waals surface area contributed by atoms with Crippen LogP contribution in [0.25, 0.3) is 21.5 Å². The van der Waals surface area contributed by atoms with Crippen molar-refractivity contribution in [2.75, 3.05) is 7.05 Å². The molecule has 0 radical (unpaired) electrons. The standard InChI is InChI=1S/C23H26N4/c1-27(19-11-3-2-4-12-19)23(24)26-25-16-22-20-13-7-5-9-17(20)15-18-10-6-8-14-21(18)22/h5-10,13-16,19H,2-4,11-12H2,1H3,(H2,24,26)/b25-16+. The van der Waals surface area contributed by atoms with E-state index in [1.165, 1.54) is 53.6 Å². The summed E-state index contributed by atoms with van der Waals surface area (Å²) < 4.78 is 0. The molecule has 1 saturated carbocycles. The predicted octanol–water partition coefficient (Wildman–Crippen LogP) is 4.91. The van der Waals surface area contributed by atoms with Gasteiger partial charge in [0.1, 0.15) is 0 Å². The van der Waals surface area contributed by atoms with Crippen molar-refractivity contribution in [1.82, 2.24) is 4.90 Å². The van der Waals surface area contributed by atoms with Crippen LogP contribution in [0.1, 0.15) is 37.7 Å². The largest absolute Gasteiger partial charge is 0.368 e. The van der Waals surface area contributed by atoms with E-state index in [4.69, 9.17) is 5.73 Å². The smallest absolute Gasteiger partial charge is 0.216 e. The second-order valence-electron chi connectivity index (χ2n) is 7.34. The molecule has 27 heavy (non-hydrogen) atoms. The number of rotatable bonds is 3. The summed E-state index contributed by atoms with van der Waals surface area (Å²) in [4.78, 5) is 2.08. The molecule has 3 aromatic carbocycles. The van der Waals surface area contributed by atoms with Crippen molar-refractivity contribution in [3.8, 4) is 0 Å². The van der Waals surface area contributed by atoms with Gasteiger partial charge in [-0.25, -0.2) is 0 Å². The van der Waals surface area contributed by atoms with Gasteiger partial charge in [0.15, 0.2) is 0 Å². The summed E-state index contributed by atoms with van der Waals surface area (Å²) in [5.74, 6) is 0.489. The number of hydrogen-bond acceptors (Lipinski definition) is 2. The van der Waals surface area contributed by atoms with E-state index < -0.39 is 0 Å². The first-order valence-electron chi connectivity index (χ1n) is 9.74. The molecule has 0 saturated heterocycles. The highest BCUT2D eigenvalue weighted by Crippen LogP contribution is 2.27. The maximum Gasteiger partial charge on any atom is 0.216 e. The zero-order chi connectivity index (χ0) is 18.6. The number of hydrogen-bond donors (Lipinski definition) is 1. The van der Waals surface area contributed by atoms with Crippen molar-refractivity contribution >= 4 is 33.7 Å². The first-order valence-corrected chi connectivity index (χ1v) is 9.74. The first-order chi connectivity index (χ1) is 13.2. The van der Waals surface area contributed by atoms with E-state index in [1.54, 1.807) is 0 Å². The van der Waals surface area contributed by atoms with Gasteiger partial charge in [0.2, 0.25) is 5.96 Å². The average molecular weight is 358 g/mol. The van der Waals surface area contributed by atoms with E-state index in [0.29, 0.717) is 12.0 Å². The van der Waals surface area contributed by atoms with Gasteiger partial charge in [-0.2, -0.15) is 5.10 Å². The normalized spacial score (nSPS) is 16.4. The monoisotopic (exact) mass is 358 g/mol. The third kappa shape index (κ3) is 3.65. The molecule has 2 N–H and O–H groups in total. The molecule has 4 rings (SSSR count). The predicted molar refractivity (Wildman–Crippen MR) is 115 cm³/mol. The summed E-state index contributed by atoms with van der Waals surface area (Å²) in [7, 11) is 2.03. The Morgan fingerprint density at radius 1 is 0.963 bits per heavy atom. The van der Waals surface area contributed by atoms with Crippen LogP contribution in [0.4, 0.5) is 0 Å². The minimum Gasteiger partial charge on any atom is -0.368 e. The van der Waals surface area contributed by atoms with Gasteiger partial charge in [0, 0.05) is 18.7 Å². The molecule has 0 heterocycles. The molecular formula is C23H26N4. The number of benzene rings is 3. The van der Waals surface area contributed by atoms with Crippen LogP contribution in [-0.4, -0.2) is 30.2 Å². The van der Waals surface area contributed by atoms with Crippen LogP contribution in [0.3, 0.4) is 0 Å². The Labute approximate surface area is 160 Å². The summed E-state index contributed by atoms with van der Waals surface area (Å²) >= 11 is 0. The molecule has 0 amide bonds. The first kappa shape index (κ1) is 17.5. The minimum atomic E-state index is 0.482. The van der Waals surface area contributed by atoms with Gasteiger partial charge >= 0.3 is 0 Å². The molecular weight excluding hydrogens is 332 g/mol. The SMILES string of the molecule is CN(/C(N)=N/N=C/c1c2ccccc2cc2ccccc12)C1CCCCC1.